The highest BCUT2D eigenvalue weighted by atomic mass is 32.2. The Bertz CT molecular complexity index is 1530. The predicted octanol–water partition coefficient (Wildman–Crippen LogP) is 3.08. The van der Waals surface area contributed by atoms with Crippen molar-refractivity contribution in [3.05, 3.63) is 46.8 Å². The molecule has 1 fully saturated rings. The molecule has 2 aliphatic heterocycles. The number of carbonyl (C=O) groups excluding carboxylic acids is 1. The van der Waals surface area contributed by atoms with Crippen molar-refractivity contribution in [1.29, 1.82) is 0 Å². The zero-order chi connectivity index (χ0) is 26.5. The number of likely N-dealkylation sites (tertiary alicyclic amines) is 1. The number of nitrogens with zero attached hydrogens (tertiary/aromatic N) is 5. The molecule has 2 aromatic heterocycles. The molecule has 1 atom stereocenters. The Morgan fingerprint density at radius 3 is 2.81 bits per heavy atom. The van der Waals surface area contributed by atoms with E-state index in [9.17, 15) is 13.2 Å². The van der Waals surface area contributed by atoms with Crippen molar-refractivity contribution >= 4 is 38.7 Å². The summed E-state index contributed by atoms with van der Waals surface area (Å²) in [5.74, 6) is 0.211. The summed E-state index contributed by atoms with van der Waals surface area (Å²) >= 11 is 0. The quantitative estimate of drug-likeness (QED) is 0.521. The predicted molar refractivity (Wildman–Crippen MR) is 141 cm³/mol. The Hall–Kier alpha value is -3.67. The average Bonchev–Trinajstić information content (AvgIpc) is 3.17. The number of benzene rings is 1. The molecule has 196 valence electrons. The minimum atomic E-state index is -3.88. The molecule has 1 amide bonds. The topological polar surface area (TPSA) is 145 Å². The molecule has 3 aromatic rings. The SMILES string of the molecule is Cc1cc(C(=O)N2CCCC[C@@H]2COc2cccc3c2C(N)=NS(=O)(=O)N3)c2c(C)nn(C(C)C)c2n1. The summed E-state index contributed by atoms with van der Waals surface area (Å²) < 4.78 is 37.7. The molecule has 0 aliphatic carbocycles. The highest BCUT2D eigenvalue weighted by molar-refractivity contribution is 7.91. The summed E-state index contributed by atoms with van der Waals surface area (Å²) in [5.41, 5.74) is 9.52. The fourth-order valence-corrected chi connectivity index (χ4v) is 5.93. The maximum Gasteiger partial charge on any atom is 0.344 e. The summed E-state index contributed by atoms with van der Waals surface area (Å²) in [5, 5.41) is 5.44. The van der Waals surface area contributed by atoms with Gasteiger partial charge in [0.15, 0.2) is 11.5 Å². The number of hydrogen-bond donors (Lipinski definition) is 2. The number of fused-ring (bicyclic) bond motifs is 2. The van der Waals surface area contributed by atoms with Gasteiger partial charge in [-0.25, -0.2) is 9.67 Å². The second-order valence-electron chi connectivity index (χ2n) is 9.83. The standard InChI is InChI=1S/C25H31N7O4S/c1-14(2)32-24-21(16(4)28-32)18(12-15(3)27-24)25(33)31-11-6-5-8-17(31)13-36-20-10-7-9-19-22(20)23(26)30-37(34,35)29-19/h7,9-10,12,14,17,29H,5-6,8,11,13H2,1-4H3,(H2,26,30)/t17-/m1/s1. The van der Waals surface area contributed by atoms with Crippen LogP contribution in [0.15, 0.2) is 28.7 Å². The van der Waals surface area contributed by atoms with E-state index >= 15 is 0 Å². The van der Waals surface area contributed by atoms with Crippen LogP contribution in [-0.2, 0) is 10.2 Å². The van der Waals surface area contributed by atoms with Crippen LogP contribution >= 0.6 is 0 Å². The van der Waals surface area contributed by atoms with Crippen LogP contribution in [0.2, 0.25) is 0 Å². The van der Waals surface area contributed by atoms with E-state index in [-0.39, 0.29) is 30.4 Å². The van der Waals surface area contributed by atoms with E-state index in [1.54, 1.807) is 18.2 Å². The van der Waals surface area contributed by atoms with Gasteiger partial charge in [-0.1, -0.05) is 6.07 Å². The number of nitrogens with two attached hydrogens (primary N) is 1. The highest BCUT2D eigenvalue weighted by Gasteiger charge is 2.32. The number of rotatable bonds is 5. The van der Waals surface area contributed by atoms with Gasteiger partial charge >= 0.3 is 10.2 Å². The second-order valence-corrected chi connectivity index (χ2v) is 11.2. The minimum absolute atomic E-state index is 0.0702. The van der Waals surface area contributed by atoms with Gasteiger partial charge < -0.3 is 15.4 Å². The van der Waals surface area contributed by atoms with Crippen LogP contribution < -0.4 is 15.2 Å². The maximum absolute atomic E-state index is 14.0. The van der Waals surface area contributed by atoms with Crippen molar-refractivity contribution in [2.75, 3.05) is 17.9 Å². The normalized spacial score (nSPS) is 18.9. The molecule has 4 heterocycles. The van der Waals surface area contributed by atoms with Crippen LogP contribution in [0, 0.1) is 13.8 Å². The molecule has 0 spiro atoms. The zero-order valence-electron chi connectivity index (χ0n) is 21.4. The lowest BCUT2D eigenvalue weighted by atomic mass is 10.00. The molecule has 0 bridgehead atoms. The van der Waals surface area contributed by atoms with Gasteiger partial charge in [-0.15, -0.1) is 4.40 Å². The summed E-state index contributed by atoms with van der Waals surface area (Å²) in [6, 6.07) is 6.79. The number of ether oxygens (including phenoxy) is 1. The molecule has 12 heteroatoms. The monoisotopic (exact) mass is 525 g/mol. The van der Waals surface area contributed by atoms with Gasteiger partial charge in [0.1, 0.15) is 12.4 Å². The number of anilines is 1. The molecular formula is C25H31N7O4S. The molecule has 0 radical (unpaired) electrons. The molecule has 11 nitrogen and oxygen atoms in total. The Balaban J connectivity index is 1.44. The smallest absolute Gasteiger partial charge is 0.344 e. The lowest BCUT2D eigenvalue weighted by molar-refractivity contribution is 0.0530. The number of amides is 1. The van der Waals surface area contributed by atoms with Crippen LogP contribution in [0.5, 0.6) is 5.75 Å². The van der Waals surface area contributed by atoms with Crippen LogP contribution in [-0.4, -0.2) is 59.0 Å². The Kier molecular flexibility index (Phi) is 6.30. The van der Waals surface area contributed by atoms with Crippen LogP contribution in [0.4, 0.5) is 5.69 Å². The summed E-state index contributed by atoms with van der Waals surface area (Å²) in [6.07, 6.45) is 2.67. The molecule has 37 heavy (non-hydrogen) atoms. The van der Waals surface area contributed by atoms with E-state index < -0.39 is 10.2 Å². The number of amidine groups is 1. The first-order valence-corrected chi connectivity index (χ1v) is 13.8. The van der Waals surface area contributed by atoms with Gasteiger partial charge in [0.25, 0.3) is 5.91 Å². The molecule has 1 aromatic carbocycles. The largest absolute Gasteiger partial charge is 0.491 e. The fourth-order valence-electron chi connectivity index (χ4n) is 5.09. The first-order valence-electron chi connectivity index (χ1n) is 12.4. The van der Waals surface area contributed by atoms with Crippen LogP contribution in [0.1, 0.15) is 66.5 Å². The number of piperidine rings is 1. The van der Waals surface area contributed by atoms with E-state index in [1.807, 2.05) is 43.3 Å². The summed E-state index contributed by atoms with van der Waals surface area (Å²) in [7, 11) is -3.88. The summed E-state index contributed by atoms with van der Waals surface area (Å²) in [6.45, 7) is 8.73. The molecule has 0 unspecified atom stereocenters. The number of aryl methyl sites for hydroxylation is 2. The van der Waals surface area contributed by atoms with Gasteiger partial charge in [-0.05, 0) is 65.2 Å². The summed E-state index contributed by atoms with van der Waals surface area (Å²) in [4.78, 5) is 20.5. The molecule has 5 rings (SSSR count). The number of aromatic nitrogens is 3. The lowest BCUT2D eigenvalue weighted by Gasteiger charge is -2.36. The third-order valence-corrected chi connectivity index (χ3v) is 7.66. The number of nitrogens with one attached hydrogen (secondary N) is 1. The van der Waals surface area contributed by atoms with Crippen LogP contribution in [0.25, 0.3) is 11.0 Å². The third kappa shape index (κ3) is 4.61. The van der Waals surface area contributed by atoms with Crippen molar-refractivity contribution in [2.24, 2.45) is 10.1 Å². The first-order chi connectivity index (χ1) is 17.6. The van der Waals surface area contributed by atoms with Crippen molar-refractivity contribution in [2.45, 2.75) is 59.0 Å². The molecule has 1 saturated heterocycles. The van der Waals surface area contributed by atoms with E-state index in [4.69, 9.17) is 15.5 Å². The Morgan fingerprint density at radius 2 is 2.05 bits per heavy atom. The van der Waals surface area contributed by atoms with E-state index in [1.165, 1.54) is 0 Å². The highest BCUT2D eigenvalue weighted by Crippen LogP contribution is 2.32. The number of hydrogen-bond acceptors (Lipinski definition) is 7. The van der Waals surface area contributed by atoms with E-state index in [0.717, 1.165) is 36.0 Å². The van der Waals surface area contributed by atoms with Gasteiger partial charge in [-0.2, -0.15) is 13.5 Å². The van der Waals surface area contributed by atoms with Crippen molar-refractivity contribution in [1.82, 2.24) is 19.7 Å². The number of pyridine rings is 1. The van der Waals surface area contributed by atoms with Crippen molar-refractivity contribution < 1.29 is 17.9 Å². The zero-order valence-corrected chi connectivity index (χ0v) is 22.2. The van der Waals surface area contributed by atoms with Gasteiger partial charge in [0, 0.05) is 18.3 Å². The minimum Gasteiger partial charge on any atom is -0.491 e. The Labute approximate surface area is 215 Å². The van der Waals surface area contributed by atoms with Crippen molar-refractivity contribution in [3.63, 3.8) is 0 Å². The van der Waals surface area contributed by atoms with Crippen molar-refractivity contribution in [3.8, 4) is 5.75 Å². The van der Waals surface area contributed by atoms with Gasteiger partial charge in [0.2, 0.25) is 0 Å². The molecule has 3 N–H and O–H groups in total. The average molecular weight is 526 g/mol. The first kappa shape index (κ1) is 25.0. The van der Waals surface area contributed by atoms with E-state index in [2.05, 4.69) is 14.2 Å². The fraction of sp³-hybridized carbons (Fsp3) is 0.440. The number of carbonyl (C=O) groups is 1. The molecule has 0 saturated carbocycles. The maximum atomic E-state index is 14.0. The molecule has 2 aliphatic rings. The van der Waals surface area contributed by atoms with Gasteiger partial charge in [-0.3, -0.25) is 9.52 Å². The Morgan fingerprint density at radius 1 is 1.27 bits per heavy atom. The van der Waals surface area contributed by atoms with Gasteiger partial charge in [0.05, 0.1) is 33.9 Å². The van der Waals surface area contributed by atoms with E-state index in [0.29, 0.717) is 34.8 Å². The lowest BCUT2D eigenvalue weighted by Crippen LogP contribution is -2.47. The molecular weight excluding hydrogens is 494 g/mol. The second kappa shape index (κ2) is 9.33. The third-order valence-electron chi connectivity index (χ3n) is 6.74. The van der Waals surface area contributed by atoms with Crippen LogP contribution in [0.3, 0.4) is 0 Å².